The van der Waals surface area contributed by atoms with Crippen LogP contribution in [0.2, 0.25) is 0 Å². The van der Waals surface area contributed by atoms with Crippen LogP contribution in [0.1, 0.15) is 63.9 Å². The van der Waals surface area contributed by atoms with E-state index in [0.717, 1.165) is 55.7 Å². The van der Waals surface area contributed by atoms with E-state index in [4.69, 9.17) is 4.74 Å². The van der Waals surface area contributed by atoms with E-state index in [1.165, 1.54) is 25.7 Å². The third-order valence-electron chi connectivity index (χ3n) is 8.93. The minimum absolute atomic E-state index is 0.143. The number of hydrogen-bond donors (Lipinski definition) is 0. The van der Waals surface area contributed by atoms with Gasteiger partial charge < -0.3 is 9.47 Å². The van der Waals surface area contributed by atoms with E-state index in [1.807, 2.05) is 0 Å². The predicted octanol–water partition coefficient (Wildman–Crippen LogP) is 10.3. The minimum atomic E-state index is -4.42. The molecule has 10 heteroatoms. The number of alkyl halides is 2. The van der Waals surface area contributed by atoms with Gasteiger partial charge in [-0.1, -0.05) is 19.8 Å². The molecule has 0 aromatic heterocycles. The lowest BCUT2D eigenvalue weighted by Crippen LogP contribution is -2.27. The molecule has 232 valence electrons. The molecule has 0 atom stereocenters. The molecular weight excluding hydrogens is 580 g/mol. The van der Waals surface area contributed by atoms with Gasteiger partial charge >= 0.3 is 6.11 Å². The van der Waals surface area contributed by atoms with Crippen LogP contribution in [0, 0.1) is 58.6 Å². The summed E-state index contributed by atoms with van der Waals surface area (Å²) in [4.78, 5) is 0. The molecule has 0 radical (unpaired) electrons. The van der Waals surface area contributed by atoms with Crippen molar-refractivity contribution in [1.29, 1.82) is 0 Å². The first-order chi connectivity index (χ1) is 20.4. The Morgan fingerprint density at radius 1 is 0.674 bits per heavy atom. The van der Waals surface area contributed by atoms with Gasteiger partial charge in [-0.25, -0.2) is 22.0 Å². The Balaban J connectivity index is 1.20. The van der Waals surface area contributed by atoms with Crippen molar-refractivity contribution < 1.29 is 44.6 Å². The maximum absolute atomic E-state index is 14.9. The number of ether oxygens (including phenoxy) is 2. The van der Waals surface area contributed by atoms with Crippen molar-refractivity contribution in [2.45, 2.75) is 64.4 Å². The predicted molar refractivity (Wildman–Crippen MR) is 145 cm³/mol. The summed E-state index contributed by atoms with van der Waals surface area (Å²) in [7, 11) is 0. The number of rotatable bonds is 8. The third-order valence-corrected chi connectivity index (χ3v) is 8.93. The Morgan fingerprint density at radius 2 is 1.28 bits per heavy atom. The second-order valence-corrected chi connectivity index (χ2v) is 11.9. The smallest absolute Gasteiger partial charge is 0.429 e. The van der Waals surface area contributed by atoms with Crippen molar-refractivity contribution in [2.75, 3.05) is 6.61 Å². The lowest BCUT2D eigenvalue weighted by atomic mass is 9.69. The molecule has 0 saturated heterocycles. The zero-order valence-electron chi connectivity index (χ0n) is 23.6. The van der Waals surface area contributed by atoms with Crippen LogP contribution >= 0.6 is 0 Å². The fraction of sp³-hybridized carbons (Fsp3) is 0.455. The van der Waals surface area contributed by atoms with E-state index in [1.54, 1.807) is 0 Å². The molecule has 0 spiro atoms. The summed E-state index contributed by atoms with van der Waals surface area (Å²) < 4.78 is 124. The van der Waals surface area contributed by atoms with Gasteiger partial charge in [0.05, 0.1) is 6.61 Å². The second-order valence-electron chi connectivity index (χ2n) is 11.9. The highest BCUT2D eigenvalue weighted by Crippen LogP contribution is 2.42. The summed E-state index contributed by atoms with van der Waals surface area (Å²) in [5, 5.41) is 0. The standard InChI is InChI=1S/C33H32F8O2/c1-18-2-6-20(7-3-18)21-8-4-19(5-9-21)17-42-29-13-12-25(30(37)32(29)39)33(40,41)43-23-10-11-24(26(34)16-23)22-14-27(35)31(38)28(36)15-22/h10-16,18-21H,2-9,17H2,1H3. The van der Waals surface area contributed by atoms with Gasteiger partial charge in [0.15, 0.2) is 29.0 Å². The average Bonchev–Trinajstić information content (AvgIpc) is 2.97. The summed E-state index contributed by atoms with van der Waals surface area (Å²) in [6, 6.07) is 4.83. The summed E-state index contributed by atoms with van der Waals surface area (Å²) in [6.45, 7) is 2.44. The maximum atomic E-state index is 14.9. The van der Waals surface area contributed by atoms with Crippen molar-refractivity contribution in [3.63, 3.8) is 0 Å². The lowest BCUT2D eigenvalue weighted by Gasteiger charge is -2.37. The van der Waals surface area contributed by atoms with E-state index in [-0.39, 0.29) is 18.1 Å². The summed E-state index contributed by atoms with van der Waals surface area (Å²) in [5.41, 5.74) is -2.24. The fourth-order valence-electron chi connectivity index (χ4n) is 6.37. The molecule has 2 nitrogen and oxygen atoms in total. The van der Waals surface area contributed by atoms with E-state index in [2.05, 4.69) is 11.7 Å². The van der Waals surface area contributed by atoms with Gasteiger partial charge in [-0.15, -0.1) is 0 Å². The molecule has 2 saturated carbocycles. The Bertz CT molecular complexity index is 1420. The van der Waals surface area contributed by atoms with Gasteiger partial charge in [-0.05, 0) is 104 Å². The molecule has 43 heavy (non-hydrogen) atoms. The molecule has 0 heterocycles. The highest BCUT2D eigenvalue weighted by molar-refractivity contribution is 5.65. The van der Waals surface area contributed by atoms with Crippen molar-refractivity contribution in [3.05, 3.63) is 82.9 Å². The van der Waals surface area contributed by atoms with Crippen molar-refractivity contribution in [1.82, 2.24) is 0 Å². The Labute approximate surface area is 245 Å². The van der Waals surface area contributed by atoms with Gasteiger partial charge in [0.25, 0.3) is 0 Å². The molecule has 0 unspecified atom stereocenters. The van der Waals surface area contributed by atoms with Gasteiger partial charge in [0, 0.05) is 11.6 Å². The van der Waals surface area contributed by atoms with Crippen LogP contribution in [-0.2, 0) is 6.11 Å². The molecule has 5 rings (SSSR count). The second kappa shape index (κ2) is 12.7. The van der Waals surface area contributed by atoms with Crippen LogP contribution in [0.3, 0.4) is 0 Å². The monoisotopic (exact) mass is 612 g/mol. The molecule has 3 aromatic carbocycles. The first kappa shape index (κ1) is 31.1. The van der Waals surface area contributed by atoms with Gasteiger partial charge in [-0.2, -0.15) is 13.2 Å². The zero-order chi connectivity index (χ0) is 30.9. The normalized spacial score (nSPS) is 22.8. The highest BCUT2D eigenvalue weighted by atomic mass is 19.3. The molecule has 3 aromatic rings. The largest absolute Gasteiger partial charge is 0.490 e. The Kier molecular flexibility index (Phi) is 9.23. The molecule has 0 amide bonds. The summed E-state index contributed by atoms with van der Waals surface area (Å²) in [5.74, 6) is -8.45. The summed E-state index contributed by atoms with van der Waals surface area (Å²) in [6.07, 6.45) is 4.58. The molecular formula is C33H32F8O2. The van der Waals surface area contributed by atoms with Crippen molar-refractivity contribution in [3.8, 4) is 22.6 Å². The van der Waals surface area contributed by atoms with Crippen LogP contribution in [0.25, 0.3) is 11.1 Å². The zero-order valence-corrected chi connectivity index (χ0v) is 23.6. The van der Waals surface area contributed by atoms with Crippen LogP contribution in [0.15, 0.2) is 42.5 Å². The van der Waals surface area contributed by atoms with Gasteiger partial charge in [0.1, 0.15) is 17.1 Å². The fourth-order valence-corrected chi connectivity index (χ4v) is 6.37. The quantitative estimate of drug-likeness (QED) is 0.186. The van der Waals surface area contributed by atoms with Crippen molar-refractivity contribution in [2.24, 2.45) is 23.7 Å². The van der Waals surface area contributed by atoms with Gasteiger partial charge in [-0.3, -0.25) is 0 Å². The van der Waals surface area contributed by atoms with Crippen LogP contribution in [0.4, 0.5) is 35.1 Å². The number of halogens is 8. The van der Waals surface area contributed by atoms with Crippen LogP contribution in [0.5, 0.6) is 11.5 Å². The number of hydrogen-bond acceptors (Lipinski definition) is 2. The van der Waals surface area contributed by atoms with E-state index in [0.29, 0.717) is 30.2 Å². The molecule has 2 aliphatic carbocycles. The summed E-state index contributed by atoms with van der Waals surface area (Å²) >= 11 is 0. The van der Waals surface area contributed by atoms with Crippen molar-refractivity contribution >= 4 is 0 Å². The van der Waals surface area contributed by atoms with E-state index >= 15 is 0 Å². The SMILES string of the molecule is CC1CCC(C2CCC(COc3ccc(C(F)(F)Oc4ccc(-c5cc(F)c(F)c(F)c5)c(F)c4)c(F)c3F)CC2)CC1. The Morgan fingerprint density at radius 3 is 1.88 bits per heavy atom. The topological polar surface area (TPSA) is 18.5 Å². The van der Waals surface area contributed by atoms with Crippen LogP contribution in [-0.4, -0.2) is 6.61 Å². The maximum Gasteiger partial charge on any atom is 0.429 e. The molecule has 0 bridgehead atoms. The molecule has 0 aliphatic heterocycles. The van der Waals surface area contributed by atoms with E-state index in [9.17, 15) is 35.1 Å². The van der Waals surface area contributed by atoms with Gasteiger partial charge in [0.2, 0.25) is 5.82 Å². The number of benzene rings is 3. The first-order valence-electron chi connectivity index (χ1n) is 14.6. The first-order valence-corrected chi connectivity index (χ1v) is 14.6. The average molecular weight is 613 g/mol. The lowest BCUT2D eigenvalue weighted by molar-refractivity contribution is -0.187. The third kappa shape index (κ3) is 6.93. The highest BCUT2D eigenvalue weighted by Gasteiger charge is 2.40. The molecule has 0 N–H and O–H groups in total. The Hall–Kier alpha value is -3.30. The minimum Gasteiger partial charge on any atom is -0.490 e. The molecule has 2 aliphatic rings. The van der Waals surface area contributed by atoms with E-state index < -0.39 is 63.6 Å². The van der Waals surface area contributed by atoms with Crippen LogP contribution < -0.4 is 9.47 Å². The molecule has 2 fully saturated rings.